The van der Waals surface area contributed by atoms with Gasteiger partial charge in [0.05, 0.1) is 29.8 Å². The van der Waals surface area contributed by atoms with Crippen molar-refractivity contribution < 1.29 is 89.7 Å². The molecule has 14 heteroatoms. The standard InChI is InChI=1S/C22H20N.C22H22N.C20H28NSi.C19H24NSi.C19H26NSi.C18H12F2N.3Ir/c1-3-9-18(10-4-1)21-16-23-22(19-13-5-2-6-14-19)15-20(21)17-11-7-8-12-17;1-22(2,3)15-19-14-21(18-12-8-5-9-13-18)23-16-20(19)17-10-6-4-7-11-17;1-15(20(2,3)4)17-13-18(16-11-9-8-10-12-16)21-14-19(17)22(5,6)7;1-21(2,3)19-14-20-18(16-11-5-4-6-12-16)13-17(19)15-9-7-8-10-15;1-19(2,3)13-16-12-17(15-10-8-7-9-11-15)20-14-18(16)21(4,5)6;1-12-10-17(13-6-3-2-4-7-13)21-11-14(12)18-15(19)8-5-9-16(18)20;;;/h1-6,9-10,13,15-17H,7-8,11-12H2;4-12,14,16H,15H2,1-3H3;8-11,13-15H,1-7H3;4-6,11,13-15H,7-10H2,1-3H3;7-10,12,14H,13H2,1-6H3;2-6,8-11H,1H3;;;/q6*-1;;;/i2D,5D,6D;;;4D,5D,6D;4D3,5D3;1D3;;;. The number of hydrogen-bond donors (Lipinski definition) is 0. The summed E-state index contributed by atoms with van der Waals surface area (Å²) in [5.74, 6) is -0.0365. The Balaban J connectivity index is 0.000000198. The van der Waals surface area contributed by atoms with E-state index in [1.54, 1.807) is 42.5 Å². The zero-order chi connectivity index (χ0) is 106. The van der Waals surface area contributed by atoms with Gasteiger partial charge in [-0.25, -0.2) is 8.78 Å². The maximum Gasteiger partial charge on any atom is 0.134 e. The van der Waals surface area contributed by atoms with Gasteiger partial charge in [-0.1, -0.05) is 274 Å². The number of aromatic nitrogens is 6. The van der Waals surface area contributed by atoms with Crippen LogP contribution in [0.5, 0.6) is 0 Å². The molecular formula is C120H132F2Ir3N6Si3-6. The zero-order valence-electron chi connectivity index (χ0n) is 95.1. The Morgan fingerprint density at radius 2 is 0.739 bits per heavy atom. The van der Waals surface area contributed by atoms with Gasteiger partial charge >= 0.3 is 0 Å². The van der Waals surface area contributed by atoms with E-state index in [1.807, 2.05) is 104 Å². The number of pyridine rings is 6. The van der Waals surface area contributed by atoms with Crippen molar-refractivity contribution >= 4 is 39.8 Å². The molecule has 2 aliphatic carbocycles. The van der Waals surface area contributed by atoms with Crippen LogP contribution in [0.1, 0.15) is 192 Å². The average Bonchev–Trinajstić information content (AvgIpc) is 0.905. The Bertz CT molecular complexity index is 6860. The van der Waals surface area contributed by atoms with E-state index in [-0.39, 0.29) is 130 Å². The Morgan fingerprint density at radius 1 is 0.373 bits per heavy atom. The average molecular weight is 2370 g/mol. The van der Waals surface area contributed by atoms with Gasteiger partial charge in [0.1, 0.15) is 11.6 Å². The van der Waals surface area contributed by atoms with Crippen LogP contribution in [0.2, 0.25) is 58.8 Å². The van der Waals surface area contributed by atoms with E-state index in [0.717, 1.165) is 69.1 Å². The molecule has 0 amide bonds. The summed E-state index contributed by atoms with van der Waals surface area (Å²) < 4.78 is 146. The molecule has 0 saturated heterocycles. The van der Waals surface area contributed by atoms with E-state index in [2.05, 4.69) is 249 Å². The summed E-state index contributed by atoms with van der Waals surface area (Å²) >= 11 is 0. The van der Waals surface area contributed by atoms with Crippen molar-refractivity contribution in [2.75, 3.05) is 0 Å². The first-order chi connectivity index (χ1) is 68.6. The molecule has 0 bridgehead atoms. The molecule has 0 N–H and O–H groups in total. The quantitative estimate of drug-likeness (QED) is 0.0668. The smallest absolute Gasteiger partial charge is 0.134 e. The third-order valence-corrected chi connectivity index (χ3v) is 29.2. The third-order valence-electron chi connectivity index (χ3n) is 23.6. The normalized spacial score (nSPS) is 14.9. The van der Waals surface area contributed by atoms with Gasteiger partial charge in [-0.2, -0.15) is 0 Å². The fraction of sp³-hybridized carbons (Fsp3) is 0.300. The van der Waals surface area contributed by atoms with Crippen molar-refractivity contribution in [1.29, 1.82) is 0 Å². The molecule has 3 radical (unpaired) electrons. The predicted molar refractivity (Wildman–Crippen MR) is 558 cm³/mol. The van der Waals surface area contributed by atoms with Crippen molar-refractivity contribution in [1.82, 2.24) is 29.9 Å². The molecule has 6 aromatic heterocycles. The first kappa shape index (κ1) is 87.1. The van der Waals surface area contributed by atoms with Gasteiger partial charge in [-0.05, 0) is 172 Å². The summed E-state index contributed by atoms with van der Waals surface area (Å²) in [6.07, 6.45) is 22.3. The molecule has 6 heterocycles. The summed E-state index contributed by atoms with van der Waals surface area (Å²) in [6, 6.07) is 88.2. The topological polar surface area (TPSA) is 77.3 Å². The van der Waals surface area contributed by atoms with Crippen LogP contribution in [0.4, 0.5) is 8.78 Å². The molecule has 0 spiro atoms. The largest absolute Gasteiger partial charge is 0.305 e. The Morgan fingerprint density at radius 3 is 1.16 bits per heavy atom. The minimum Gasteiger partial charge on any atom is -0.305 e. The molecule has 2 aliphatic rings. The summed E-state index contributed by atoms with van der Waals surface area (Å²) in [7, 11) is -6.76. The number of hydrogen-bond acceptors (Lipinski definition) is 6. The molecule has 701 valence electrons. The molecule has 1 atom stereocenters. The summed E-state index contributed by atoms with van der Waals surface area (Å²) in [6.45, 7) is 30.3. The second-order valence-electron chi connectivity index (χ2n) is 39.8. The minimum atomic E-state index is -3.87. The molecule has 6 nitrogen and oxygen atoms in total. The van der Waals surface area contributed by atoms with Crippen LogP contribution in [-0.2, 0) is 73.2 Å². The van der Waals surface area contributed by atoms with Gasteiger partial charge in [0.25, 0.3) is 0 Å². The van der Waals surface area contributed by atoms with Crippen LogP contribution in [-0.4, -0.2) is 54.1 Å². The van der Waals surface area contributed by atoms with E-state index in [0.29, 0.717) is 57.4 Å². The van der Waals surface area contributed by atoms with Gasteiger partial charge < -0.3 is 29.9 Å². The van der Waals surface area contributed by atoms with Crippen molar-refractivity contribution in [2.45, 2.75) is 217 Å². The van der Waals surface area contributed by atoms with Gasteiger partial charge in [0.15, 0.2) is 0 Å². The first-order valence-electron chi connectivity index (χ1n) is 53.0. The molecule has 1 unspecified atom stereocenters. The Hall–Kier alpha value is -9.66. The van der Waals surface area contributed by atoms with Crippen LogP contribution in [0.3, 0.4) is 0 Å². The molecule has 134 heavy (non-hydrogen) atoms. The van der Waals surface area contributed by atoms with E-state index in [4.69, 9.17) is 25.5 Å². The van der Waals surface area contributed by atoms with E-state index >= 15 is 0 Å². The predicted octanol–water partition coefficient (Wildman–Crippen LogP) is 31.2. The summed E-state index contributed by atoms with van der Waals surface area (Å²) in [5.41, 5.74) is 20.1. The molecule has 9 aromatic carbocycles. The van der Waals surface area contributed by atoms with Crippen molar-refractivity contribution in [3.8, 4) is 101 Å². The van der Waals surface area contributed by atoms with Gasteiger partial charge in [0, 0.05) is 132 Å². The number of rotatable bonds is 17. The molecule has 17 rings (SSSR count). The molecule has 15 aromatic rings. The number of aryl methyl sites for hydroxylation is 1. The van der Waals surface area contributed by atoms with Crippen molar-refractivity contribution in [3.05, 3.63) is 379 Å². The fourth-order valence-corrected chi connectivity index (χ4v) is 20.9. The van der Waals surface area contributed by atoms with Gasteiger partial charge in [-0.15, -0.1) is 215 Å². The van der Waals surface area contributed by atoms with E-state index in [1.165, 1.54) is 132 Å². The van der Waals surface area contributed by atoms with Crippen LogP contribution in [0.25, 0.3) is 101 Å². The second kappa shape index (κ2) is 49.4. The number of nitrogens with zero attached hydrogens (tertiary/aromatic N) is 6. The Labute approximate surface area is 866 Å². The molecule has 2 saturated carbocycles. The fourth-order valence-electron chi connectivity index (χ4n) is 16.6. The minimum absolute atomic E-state index is 0. The van der Waals surface area contributed by atoms with Gasteiger partial charge in [-0.3, -0.25) is 0 Å². The summed E-state index contributed by atoms with van der Waals surface area (Å²) in [4.78, 5) is 27.3. The van der Waals surface area contributed by atoms with Crippen LogP contribution in [0, 0.1) is 71.1 Å². The van der Waals surface area contributed by atoms with Crippen molar-refractivity contribution in [3.63, 3.8) is 0 Å². The van der Waals surface area contributed by atoms with Crippen LogP contribution >= 0.6 is 0 Å². The van der Waals surface area contributed by atoms with Crippen LogP contribution < -0.4 is 15.6 Å². The SMILES string of the molecule is CC(C)(C)Cc1cc(-c2[c-]cccc2)ncc1-c1ccccc1.CC(c1cc(-c2[c-]cccc2)ncc1[Si](C)(C)C)C(C)(C)C.[2H]C([2H])([2H])[Si](C)(c1cnc(-c2[c-]cccc2)cc1CC(C)(C)C)C([2H])([2H])[2H].[2H]C([2H])([2H])c1cc(-c2[c-]cccc2)ncc1-c1c(F)cccc1F.[2H]c1[c-]c(-c2cc(C3CCCC3)c(-c3ccccc3)cn2)cc([2H])c1[2H].[2H]c1[c-]c(-c2cc(C3CCCC3)c([Si](C)(C)C)cn2)cc([2H])c1[2H].[Ir].[Ir].[Ir]. The van der Waals surface area contributed by atoms with Crippen molar-refractivity contribution in [2.24, 2.45) is 16.2 Å². The van der Waals surface area contributed by atoms with E-state index in [9.17, 15) is 8.78 Å². The molecule has 0 aliphatic heterocycles. The molecule has 2 fully saturated rings. The maximum atomic E-state index is 14.1. The van der Waals surface area contributed by atoms with Gasteiger partial charge in [0.2, 0.25) is 0 Å². The second-order valence-corrected chi connectivity index (χ2v) is 52.6. The first-order valence-corrected chi connectivity index (χ1v) is 55.0. The Kier molecular flexibility index (Phi) is 32.1. The number of halogens is 2. The monoisotopic (exact) mass is 2370 g/mol. The van der Waals surface area contributed by atoms with Crippen LogP contribution in [0.15, 0.2) is 298 Å². The third kappa shape index (κ3) is 30.7. The zero-order valence-corrected chi connectivity index (χ0v) is 90.3. The number of benzene rings is 9. The van der Waals surface area contributed by atoms with E-state index < -0.39 is 55.7 Å². The molecular weight excluding hydrogens is 2220 g/mol. The maximum absolute atomic E-state index is 14.1. The summed E-state index contributed by atoms with van der Waals surface area (Å²) in [5, 5.41) is 3.30.